The van der Waals surface area contributed by atoms with Gasteiger partial charge in [0.25, 0.3) is 0 Å². The molecule has 1 aromatic rings. The predicted octanol–water partition coefficient (Wildman–Crippen LogP) is 0.678. The summed E-state index contributed by atoms with van der Waals surface area (Å²) in [5.74, 6) is -1.89. The third kappa shape index (κ3) is 4.03. The number of para-hydroxylation sites is 1. The summed E-state index contributed by atoms with van der Waals surface area (Å²) in [4.78, 5) is 49.0. The number of hydrogen-bond donors (Lipinski definition) is 1. The van der Waals surface area contributed by atoms with Gasteiger partial charge in [0.1, 0.15) is 12.3 Å². The highest BCUT2D eigenvalue weighted by Crippen LogP contribution is 2.17. The zero-order chi connectivity index (χ0) is 18.4. The number of ether oxygens (including phenoxy) is 1. The quantitative estimate of drug-likeness (QED) is 0.425. The van der Waals surface area contributed by atoms with E-state index in [0.717, 1.165) is 10.5 Å². The lowest BCUT2D eigenvalue weighted by atomic mass is 10.2. The Labute approximate surface area is 145 Å². The minimum absolute atomic E-state index is 0.0801. The summed E-state index contributed by atoms with van der Waals surface area (Å²) in [6.07, 6.45) is 1.33. The van der Waals surface area contributed by atoms with E-state index >= 15 is 0 Å². The molecule has 1 aliphatic rings. The zero-order valence-electron chi connectivity index (χ0n) is 13.9. The van der Waals surface area contributed by atoms with Crippen molar-refractivity contribution in [3.05, 3.63) is 42.5 Å². The van der Waals surface area contributed by atoms with Crippen LogP contribution in [-0.4, -0.2) is 53.2 Å². The molecule has 8 nitrogen and oxygen atoms in total. The molecule has 0 unspecified atom stereocenters. The molecule has 0 aliphatic carbocycles. The van der Waals surface area contributed by atoms with E-state index in [0.29, 0.717) is 17.3 Å². The first-order chi connectivity index (χ1) is 12.0. The lowest BCUT2D eigenvalue weighted by Gasteiger charge is -2.15. The highest BCUT2D eigenvalue weighted by molar-refractivity contribution is 6.45. The SMILES string of the molecule is C=CCN1C(=O)C(=O)N(CC(=O)NCc2ccccc2OCC)C1=O. The molecule has 0 aromatic heterocycles. The van der Waals surface area contributed by atoms with Crippen LogP contribution in [0.4, 0.5) is 4.79 Å². The largest absolute Gasteiger partial charge is 0.494 e. The van der Waals surface area contributed by atoms with Gasteiger partial charge in [-0.05, 0) is 13.0 Å². The fourth-order valence-corrected chi connectivity index (χ4v) is 2.32. The average molecular weight is 345 g/mol. The van der Waals surface area contributed by atoms with Crippen LogP contribution >= 0.6 is 0 Å². The maximum Gasteiger partial charge on any atom is 0.335 e. The summed E-state index contributed by atoms with van der Waals surface area (Å²) in [5.41, 5.74) is 0.765. The normalized spacial score (nSPS) is 14.0. The molecule has 1 fully saturated rings. The average Bonchev–Trinajstić information content (AvgIpc) is 2.79. The van der Waals surface area contributed by atoms with Crippen molar-refractivity contribution in [2.75, 3.05) is 19.7 Å². The number of rotatable bonds is 8. The first-order valence-electron chi connectivity index (χ1n) is 7.75. The molecule has 5 amide bonds. The fraction of sp³-hybridized carbons (Fsp3) is 0.294. The molecule has 1 saturated heterocycles. The van der Waals surface area contributed by atoms with Crippen molar-refractivity contribution < 1.29 is 23.9 Å². The summed E-state index contributed by atoms with van der Waals surface area (Å²) in [6.45, 7) is 5.34. The smallest absolute Gasteiger partial charge is 0.335 e. The highest BCUT2D eigenvalue weighted by atomic mass is 16.5. The minimum atomic E-state index is -1.02. The van der Waals surface area contributed by atoms with Crippen molar-refractivity contribution in [3.8, 4) is 5.75 Å². The van der Waals surface area contributed by atoms with E-state index in [2.05, 4.69) is 11.9 Å². The van der Waals surface area contributed by atoms with Gasteiger partial charge in [-0.2, -0.15) is 0 Å². The number of carbonyl (C=O) groups excluding carboxylic acids is 4. The second-order valence-electron chi connectivity index (χ2n) is 5.20. The summed E-state index contributed by atoms with van der Waals surface area (Å²) in [5, 5.41) is 2.61. The number of urea groups is 1. The lowest BCUT2D eigenvalue weighted by molar-refractivity contribution is -0.143. The standard InChI is InChI=1S/C17H19N3O5/c1-3-9-19-15(22)16(23)20(17(19)24)11-14(21)18-10-12-7-5-6-8-13(12)25-4-2/h3,5-8H,1,4,9-11H2,2H3,(H,18,21). The molecule has 25 heavy (non-hydrogen) atoms. The Hall–Kier alpha value is -3.16. The fourth-order valence-electron chi connectivity index (χ4n) is 2.32. The van der Waals surface area contributed by atoms with Crippen LogP contribution in [0.25, 0.3) is 0 Å². The van der Waals surface area contributed by atoms with Crippen LogP contribution in [0.3, 0.4) is 0 Å². The Balaban J connectivity index is 1.97. The Morgan fingerprint density at radius 2 is 1.88 bits per heavy atom. The van der Waals surface area contributed by atoms with Crippen molar-refractivity contribution in [1.82, 2.24) is 15.1 Å². The van der Waals surface area contributed by atoms with Gasteiger partial charge in [0, 0.05) is 18.7 Å². The van der Waals surface area contributed by atoms with Crippen molar-refractivity contribution in [1.29, 1.82) is 0 Å². The first-order valence-corrected chi connectivity index (χ1v) is 7.75. The van der Waals surface area contributed by atoms with E-state index in [9.17, 15) is 19.2 Å². The third-order valence-electron chi connectivity index (χ3n) is 3.50. The maximum absolute atomic E-state index is 12.1. The number of imide groups is 2. The van der Waals surface area contributed by atoms with Gasteiger partial charge in [0.15, 0.2) is 0 Å². The number of amides is 5. The van der Waals surface area contributed by atoms with Crippen LogP contribution in [0.2, 0.25) is 0 Å². The molecule has 1 heterocycles. The Bertz CT molecular complexity index is 716. The molecule has 132 valence electrons. The lowest BCUT2D eigenvalue weighted by Crippen LogP contribution is -2.41. The molecule has 0 atom stereocenters. The molecule has 1 N–H and O–H groups in total. The molecule has 1 aliphatic heterocycles. The van der Waals surface area contributed by atoms with Gasteiger partial charge in [-0.15, -0.1) is 6.58 Å². The van der Waals surface area contributed by atoms with Gasteiger partial charge in [0.2, 0.25) is 5.91 Å². The van der Waals surface area contributed by atoms with Crippen LogP contribution in [-0.2, 0) is 20.9 Å². The molecular formula is C17H19N3O5. The predicted molar refractivity (Wildman–Crippen MR) is 88.5 cm³/mol. The van der Waals surface area contributed by atoms with Gasteiger partial charge in [0.05, 0.1) is 6.61 Å². The molecule has 0 spiro atoms. The van der Waals surface area contributed by atoms with E-state index in [1.807, 2.05) is 19.1 Å². The summed E-state index contributed by atoms with van der Waals surface area (Å²) in [6, 6.07) is 6.39. The topological polar surface area (TPSA) is 96.0 Å². The minimum Gasteiger partial charge on any atom is -0.494 e. The van der Waals surface area contributed by atoms with Gasteiger partial charge < -0.3 is 10.1 Å². The maximum atomic E-state index is 12.1. The monoisotopic (exact) mass is 345 g/mol. The van der Waals surface area contributed by atoms with Crippen molar-refractivity contribution in [2.45, 2.75) is 13.5 Å². The van der Waals surface area contributed by atoms with Crippen LogP contribution in [0.1, 0.15) is 12.5 Å². The van der Waals surface area contributed by atoms with E-state index in [-0.39, 0.29) is 13.1 Å². The number of carbonyl (C=O) groups is 4. The van der Waals surface area contributed by atoms with Gasteiger partial charge in [-0.1, -0.05) is 24.3 Å². The molecule has 0 radical (unpaired) electrons. The molecule has 0 bridgehead atoms. The van der Waals surface area contributed by atoms with Crippen molar-refractivity contribution >= 4 is 23.8 Å². The zero-order valence-corrected chi connectivity index (χ0v) is 13.9. The second-order valence-corrected chi connectivity index (χ2v) is 5.20. The van der Waals surface area contributed by atoms with E-state index in [1.54, 1.807) is 12.1 Å². The van der Waals surface area contributed by atoms with Crippen molar-refractivity contribution in [2.24, 2.45) is 0 Å². The van der Waals surface area contributed by atoms with E-state index < -0.39 is 30.3 Å². The van der Waals surface area contributed by atoms with Crippen LogP contribution in [0.15, 0.2) is 36.9 Å². The van der Waals surface area contributed by atoms with Crippen LogP contribution in [0, 0.1) is 0 Å². The summed E-state index contributed by atoms with van der Waals surface area (Å²) < 4.78 is 5.46. The number of nitrogens with zero attached hydrogens (tertiary/aromatic N) is 2. The Morgan fingerprint density at radius 1 is 1.20 bits per heavy atom. The molecule has 1 aromatic carbocycles. The Kier molecular flexibility index (Phi) is 5.89. The summed E-state index contributed by atoms with van der Waals surface area (Å²) in [7, 11) is 0. The van der Waals surface area contributed by atoms with E-state index in [1.165, 1.54) is 6.08 Å². The van der Waals surface area contributed by atoms with Gasteiger partial charge >= 0.3 is 17.8 Å². The van der Waals surface area contributed by atoms with Gasteiger partial charge in [-0.25, -0.2) is 9.69 Å². The highest BCUT2D eigenvalue weighted by Gasteiger charge is 2.44. The summed E-state index contributed by atoms with van der Waals surface area (Å²) >= 11 is 0. The molecular weight excluding hydrogens is 326 g/mol. The molecule has 2 rings (SSSR count). The molecule has 8 heteroatoms. The third-order valence-corrected chi connectivity index (χ3v) is 3.50. The van der Waals surface area contributed by atoms with Crippen LogP contribution in [0.5, 0.6) is 5.75 Å². The number of nitrogens with one attached hydrogen (secondary N) is 1. The molecule has 0 saturated carbocycles. The van der Waals surface area contributed by atoms with E-state index in [4.69, 9.17) is 4.74 Å². The Morgan fingerprint density at radius 3 is 2.56 bits per heavy atom. The van der Waals surface area contributed by atoms with Crippen LogP contribution < -0.4 is 10.1 Å². The number of benzene rings is 1. The van der Waals surface area contributed by atoms with Crippen molar-refractivity contribution in [3.63, 3.8) is 0 Å². The first kappa shape index (κ1) is 18.2. The van der Waals surface area contributed by atoms with Gasteiger partial charge in [-0.3, -0.25) is 19.3 Å². The second kappa shape index (κ2) is 8.09. The number of hydrogen-bond acceptors (Lipinski definition) is 5.